The van der Waals surface area contributed by atoms with Crippen LogP contribution in [0.2, 0.25) is 0 Å². The lowest BCUT2D eigenvalue weighted by molar-refractivity contribution is 0.415. The smallest absolute Gasteiger partial charge is 0.145 e. The quantitative estimate of drug-likeness (QED) is 0.736. The number of benzene rings is 1. The van der Waals surface area contributed by atoms with E-state index in [0.29, 0.717) is 0 Å². The van der Waals surface area contributed by atoms with Crippen molar-refractivity contribution in [1.29, 1.82) is 0 Å². The van der Waals surface area contributed by atoms with Crippen LogP contribution in [0, 0.1) is 6.92 Å². The normalized spacial score (nSPS) is 10.9. The molecule has 0 fully saturated rings. The number of nitrogens with zero attached hydrogens (tertiary/aromatic N) is 1. The van der Waals surface area contributed by atoms with E-state index >= 15 is 0 Å². The Kier molecular flexibility index (Phi) is 3.05. The molecule has 0 radical (unpaired) electrons. The molecule has 0 aliphatic rings. The summed E-state index contributed by atoms with van der Waals surface area (Å²) in [5.41, 5.74) is 0.841. The highest BCUT2D eigenvalue weighted by atomic mass is 16.5. The van der Waals surface area contributed by atoms with Gasteiger partial charge < -0.3 is 9.15 Å². The molecule has 0 spiro atoms. The minimum Gasteiger partial charge on any atom is -0.497 e. The Morgan fingerprint density at radius 1 is 1.25 bits per heavy atom. The highest BCUT2D eigenvalue weighted by Gasteiger charge is 1.95. The first kappa shape index (κ1) is 10.5. The minimum atomic E-state index is 0.750. The van der Waals surface area contributed by atoms with E-state index in [1.165, 1.54) is 0 Å². The van der Waals surface area contributed by atoms with Gasteiger partial charge in [0, 0.05) is 6.07 Å². The standard InChI is InChI=1S/C13H13NO2/c1-10-6-7-13(16-10)9-14-11-4-3-5-12(8-11)15-2/h3-9H,1-2H3/b14-9+. The van der Waals surface area contributed by atoms with Gasteiger partial charge in [0.1, 0.15) is 17.3 Å². The van der Waals surface area contributed by atoms with Gasteiger partial charge in [0.15, 0.2) is 0 Å². The molecule has 2 aromatic rings. The number of aliphatic imine (C=N–C) groups is 1. The van der Waals surface area contributed by atoms with Crippen LogP contribution >= 0.6 is 0 Å². The molecular formula is C13H13NO2. The first-order valence-corrected chi connectivity index (χ1v) is 5.02. The Bertz CT molecular complexity index is 500. The van der Waals surface area contributed by atoms with Gasteiger partial charge in [-0.3, -0.25) is 4.99 Å². The molecule has 1 aromatic heterocycles. The third-order valence-electron chi connectivity index (χ3n) is 2.16. The lowest BCUT2D eigenvalue weighted by atomic mass is 10.3. The van der Waals surface area contributed by atoms with Crippen LogP contribution in [0.15, 0.2) is 45.8 Å². The van der Waals surface area contributed by atoms with Crippen molar-refractivity contribution >= 4 is 11.9 Å². The maximum Gasteiger partial charge on any atom is 0.145 e. The van der Waals surface area contributed by atoms with Crippen molar-refractivity contribution in [1.82, 2.24) is 0 Å². The maximum absolute atomic E-state index is 5.38. The van der Waals surface area contributed by atoms with E-state index in [4.69, 9.17) is 9.15 Å². The molecule has 2 rings (SSSR count). The first-order chi connectivity index (χ1) is 7.78. The summed E-state index contributed by atoms with van der Waals surface area (Å²) in [6, 6.07) is 11.4. The first-order valence-electron chi connectivity index (χ1n) is 5.02. The predicted molar refractivity (Wildman–Crippen MR) is 63.7 cm³/mol. The lowest BCUT2D eigenvalue weighted by Gasteiger charge is -1.99. The SMILES string of the molecule is COc1cccc(/N=C/c2ccc(C)o2)c1. The second kappa shape index (κ2) is 4.66. The average Bonchev–Trinajstić information content (AvgIpc) is 2.73. The Morgan fingerprint density at radius 2 is 2.12 bits per heavy atom. The molecule has 16 heavy (non-hydrogen) atoms. The van der Waals surface area contributed by atoms with Gasteiger partial charge in [0.25, 0.3) is 0 Å². The van der Waals surface area contributed by atoms with E-state index in [0.717, 1.165) is 23.0 Å². The number of hydrogen-bond acceptors (Lipinski definition) is 3. The molecule has 0 unspecified atom stereocenters. The molecule has 1 aromatic carbocycles. The van der Waals surface area contributed by atoms with E-state index in [2.05, 4.69) is 4.99 Å². The summed E-state index contributed by atoms with van der Waals surface area (Å²) >= 11 is 0. The molecule has 1 heterocycles. The summed E-state index contributed by atoms with van der Waals surface area (Å²) in [7, 11) is 1.64. The van der Waals surface area contributed by atoms with Gasteiger partial charge in [-0.2, -0.15) is 0 Å². The summed E-state index contributed by atoms with van der Waals surface area (Å²) < 4.78 is 10.5. The molecule has 0 aliphatic carbocycles. The van der Waals surface area contributed by atoms with Crippen LogP contribution < -0.4 is 4.74 Å². The van der Waals surface area contributed by atoms with Crippen molar-refractivity contribution in [3.05, 3.63) is 47.9 Å². The molecule has 0 saturated heterocycles. The van der Waals surface area contributed by atoms with Crippen molar-refractivity contribution in [3.63, 3.8) is 0 Å². The van der Waals surface area contributed by atoms with Crippen LogP contribution in [0.3, 0.4) is 0 Å². The third kappa shape index (κ3) is 2.51. The number of ether oxygens (including phenoxy) is 1. The molecule has 0 aliphatic heterocycles. The van der Waals surface area contributed by atoms with Gasteiger partial charge >= 0.3 is 0 Å². The largest absolute Gasteiger partial charge is 0.497 e. The molecule has 82 valence electrons. The summed E-state index contributed by atoms with van der Waals surface area (Å²) in [5.74, 6) is 2.43. The van der Waals surface area contributed by atoms with Crippen LogP contribution in [-0.4, -0.2) is 13.3 Å². The van der Waals surface area contributed by atoms with Gasteiger partial charge in [0.2, 0.25) is 0 Å². The van der Waals surface area contributed by atoms with E-state index in [1.807, 2.05) is 43.3 Å². The Labute approximate surface area is 94.4 Å². The number of hydrogen-bond donors (Lipinski definition) is 0. The fourth-order valence-corrected chi connectivity index (χ4v) is 1.35. The van der Waals surface area contributed by atoms with Crippen molar-refractivity contribution < 1.29 is 9.15 Å². The van der Waals surface area contributed by atoms with Crippen LogP contribution in [0.5, 0.6) is 5.75 Å². The van der Waals surface area contributed by atoms with E-state index in [1.54, 1.807) is 13.3 Å². The van der Waals surface area contributed by atoms with Gasteiger partial charge in [-0.25, -0.2) is 0 Å². The number of aryl methyl sites for hydroxylation is 1. The lowest BCUT2D eigenvalue weighted by Crippen LogP contribution is -1.80. The topological polar surface area (TPSA) is 34.7 Å². The monoisotopic (exact) mass is 215 g/mol. The molecule has 3 nitrogen and oxygen atoms in total. The zero-order valence-electron chi connectivity index (χ0n) is 9.31. The summed E-state index contributed by atoms with van der Waals surface area (Å²) in [5, 5.41) is 0. The molecule has 0 amide bonds. The summed E-state index contributed by atoms with van der Waals surface area (Å²) in [6.45, 7) is 1.91. The fourth-order valence-electron chi connectivity index (χ4n) is 1.35. The van der Waals surface area contributed by atoms with Crippen molar-refractivity contribution in [2.45, 2.75) is 6.92 Å². The number of methoxy groups -OCH3 is 1. The number of furan rings is 1. The van der Waals surface area contributed by atoms with E-state index in [-0.39, 0.29) is 0 Å². The Balaban J connectivity index is 2.16. The zero-order chi connectivity index (χ0) is 11.4. The van der Waals surface area contributed by atoms with E-state index < -0.39 is 0 Å². The molecule has 0 atom stereocenters. The number of rotatable bonds is 3. The maximum atomic E-state index is 5.38. The zero-order valence-corrected chi connectivity index (χ0v) is 9.31. The second-order valence-corrected chi connectivity index (χ2v) is 3.41. The molecule has 0 bridgehead atoms. The van der Waals surface area contributed by atoms with Crippen molar-refractivity contribution in [2.75, 3.05) is 7.11 Å². The molecule has 0 N–H and O–H groups in total. The van der Waals surface area contributed by atoms with Gasteiger partial charge in [-0.1, -0.05) is 6.07 Å². The van der Waals surface area contributed by atoms with Gasteiger partial charge in [-0.05, 0) is 31.2 Å². The van der Waals surface area contributed by atoms with Crippen LogP contribution in [0.4, 0.5) is 5.69 Å². The minimum absolute atomic E-state index is 0.750. The third-order valence-corrected chi connectivity index (χ3v) is 2.16. The average molecular weight is 215 g/mol. The highest BCUT2D eigenvalue weighted by Crippen LogP contribution is 2.19. The van der Waals surface area contributed by atoms with Gasteiger partial charge in [-0.15, -0.1) is 0 Å². The summed E-state index contributed by atoms with van der Waals surface area (Å²) in [6.07, 6.45) is 1.70. The van der Waals surface area contributed by atoms with Crippen molar-refractivity contribution in [2.24, 2.45) is 4.99 Å². The summed E-state index contributed by atoms with van der Waals surface area (Å²) in [4.78, 5) is 4.30. The van der Waals surface area contributed by atoms with Crippen LogP contribution in [0.25, 0.3) is 0 Å². The van der Waals surface area contributed by atoms with Crippen LogP contribution in [0.1, 0.15) is 11.5 Å². The Morgan fingerprint density at radius 3 is 2.81 bits per heavy atom. The highest BCUT2D eigenvalue weighted by molar-refractivity contribution is 5.78. The van der Waals surface area contributed by atoms with Crippen LogP contribution in [-0.2, 0) is 0 Å². The van der Waals surface area contributed by atoms with Crippen molar-refractivity contribution in [3.8, 4) is 5.75 Å². The Hall–Kier alpha value is -2.03. The molecule has 0 saturated carbocycles. The fraction of sp³-hybridized carbons (Fsp3) is 0.154. The molecule has 3 heteroatoms. The second-order valence-electron chi connectivity index (χ2n) is 3.41. The molecular weight excluding hydrogens is 202 g/mol. The van der Waals surface area contributed by atoms with E-state index in [9.17, 15) is 0 Å². The van der Waals surface area contributed by atoms with Gasteiger partial charge in [0.05, 0.1) is 19.0 Å². The predicted octanol–water partition coefficient (Wildman–Crippen LogP) is 3.35.